The topological polar surface area (TPSA) is 15.3 Å². The van der Waals surface area contributed by atoms with Crippen molar-refractivity contribution in [3.8, 4) is 0 Å². The van der Waals surface area contributed by atoms with Gasteiger partial charge in [-0.25, -0.2) is 4.39 Å². The van der Waals surface area contributed by atoms with Crippen LogP contribution in [0.3, 0.4) is 0 Å². The number of rotatable bonds is 5. The zero-order chi connectivity index (χ0) is 14.5. The van der Waals surface area contributed by atoms with Crippen molar-refractivity contribution in [2.45, 2.75) is 19.5 Å². The van der Waals surface area contributed by atoms with Gasteiger partial charge in [0.1, 0.15) is 5.82 Å². The van der Waals surface area contributed by atoms with Crippen LogP contribution in [0.2, 0.25) is 0 Å². The van der Waals surface area contributed by atoms with E-state index >= 15 is 0 Å². The summed E-state index contributed by atoms with van der Waals surface area (Å²) in [6.45, 7) is 2.92. The fourth-order valence-electron chi connectivity index (χ4n) is 2.23. The van der Waals surface area contributed by atoms with Crippen LogP contribution in [0.4, 0.5) is 10.1 Å². The first-order chi connectivity index (χ1) is 9.56. The van der Waals surface area contributed by atoms with Crippen molar-refractivity contribution in [3.05, 3.63) is 65.5 Å². The summed E-state index contributed by atoms with van der Waals surface area (Å²) in [6.07, 6.45) is 0. The summed E-state index contributed by atoms with van der Waals surface area (Å²) in [5.74, 6) is -0.197. The van der Waals surface area contributed by atoms with Crippen LogP contribution in [0.5, 0.6) is 0 Å². The number of para-hydroxylation sites is 1. The molecule has 2 nitrogen and oxygen atoms in total. The first-order valence-electron chi connectivity index (χ1n) is 6.81. The Morgan fingerprint density at radius 1 is 1.10 bits per heavy atom. The third-order valence-corrected chi connectivity index (χ3v) is 3.22. The maximum Gasteiger partial charge on any atom is 0.123 e. The summed E-state index contributed by atoms with van der Waals surface area (Å²) in [7, 11) is 4.10. The Balaban J connectivity index is 2.17. The van der Waals surface area contributed by atoms with Crippen LogP contribution in [0.15, 0.2) is 48.5 Å². The van der Waals surface area contributed by atoms with Crippen molar-refractivity contribution < 1.29 is 4.39 Å². The number of halogens is 1. The predicted octanol–water partition coefficient (Wildman–Crippen LogP) is 4.06. The van der Waals surface area contributed by atoms with Gasteiger partial charge in [0.2, 0.25) is 0 Å². The van der Waals surface area contributed by atoms with E-state index in [0.717, 1.165) is 17.8 Å². The van der Waals surface area contributed by atoms with E-state index in [0.29, 0.717) is 0 Å². The highest BCUT2D eigenvalue weighted by Crippen LogP contribution is 2.23. The Labute approximate surface area is 120 Å². The van der Waals surface area contributed by atoms with Gasteiger partial charge in [-0.2, -0.15) is 0 Å². The van der Waals surface area contributed by atoms with Gasteiger partial charge in [0.25, 0.3) is 0 Å². The molecule has 0 aliphatic carbocycles. The van der Waals surface area contributed by atoms with E-state index in [1.54, 1.807) is 12.1 Å². The fourth-order valence-corrected chi connectivity index (χ4v) is 2.23. The van der Waals surface area contributed by atoms with Gasteiger partial charge in [-0.15, -0.1) is 0 Å². The fraction of sp³-hybridized carbons (Fsp3) is 0.294. The lowest BCUT2D eigenvalue weighted by molar-refractivity contribution is 0.403. The molecule has 0 amide bonds. The van der Waals surface area contributed by atoms with Crippen LogP contribution in [-0.2, 0) is 6.54 Å². The Kier molecular flexibility index (Phi) is 4.74. The molecule has 0 heterocycles. The third-order valence-electron chi connectivity index (χ3n) is 3.22. The van der Waals surface area contributed by atoms with Gasteiger partial charge in [0.15, 0.2) is 0 Å². The van der Waals surface area contributed by atoms with Crippen LogP contribution in [0.25, 0.3) is 0 Å². The Morgan fingerprint density at radius 2 is 1.85 bits per heavy atom. The van der Waals surface area contributed by atoms with Gasteiger partial charge in [-0.05, 0) is 50.3 Å². The van der Waals surface area contributed by atoms with Crippen molar-refractivity contribution in [2.24, 2.45) is 0 Å². The van der Waals surface area contributed by atoms with Gasteiger partial charge in [-0.1, -0.05) is 30.3 Å². The molecule has 2 rings (SSSR count). The number of hydrogen-bond acceptors (Lipinski definition) is 2. The van der Waals surface area contributed by atoms with Gasteiger partial charge in [0, 0.05) is 18.3 Å². The molecule has 1 atom stereocenters. The summed E-state index contributed by atoms with van der Waals surface area (Å²) >= 11 is 0. The maximum atomic E-state index is 13.3. The third kappa shape index (κ3) is 3.81. The SMILES string of the molecule is CC(Nc1ccccc1CN(C)C)c1cccc(F)c1. The molecule has 20 heavy (non-hydrogen) atoms. The first-order valence-corrected chi connectivity index (χ1v) is 6.81. The molecular formula is C17H21FN2. The number of hydrogen-bond donors (Lipinski definition) is 1. The molecular weight excluding hydrogens is 251 g/mol. The normalized spacial score (nSPS) is 12.4. The molecule has 0 aromatic heterocycles. The quantitative estimate of drug-likeness (QED) is 0.883. The number of nitrogens with one attached hydrogen (secondary N) is 1. The van der Waals surface area contributed by atoms with Crippen LogP contribution in [0.1, 0.15) is 24.1 Å². The van der Waals surface area contributed by atoms with E-state index in [-0.39, 0.29) is 11.9 Å². The summed E-state index contributed by atoms with van der Waals surface area (Å²) < 4.78 is 13.3. The van der Waals surface area contributed by atoms with E-state index in [9.17, 15) is 4.39 Å². The Bertz CT molecular complexity index is 566. The van der Waals surface area contributed by atoms with Crippen LogP contribution < -0.4 is 5.32 Å². The predicted molar refractivity (Wildman–Crippen MR) is 82.3 cm³/mol. The molecule has 0 fully saturated rings. The largest absolute Gasteiger partial charge is 0.378 e. The van der Waals surface area contributed by atoms with E-state index in [1.165, 1.54) is 11.6 Å². The lowest BCUT2D eigenvalue weighted by atomic mass is 10.1. The van der Waals surface area contributed by atoms with Crippen LogP contribution in [0, 0.1) is 5.82 Å². The highest BCUT2D eigenvalue weighted by molar-refractivity contribution is 5.52. The molecule has 0 spiro atoms. The minimum Gasteiger partial charge on any atom is -0.378 e. The molecule has 106 valence electrons. The second-order valence-corrected chi connectivity index (χ2v) is 5.32. The average molecular weight is 272 g/mol. The second-order valence-electron chi connectivity index (χ2n) is 5.32. The summed E-state index contributed by atoms with van der Waals surface area (Å²) in [4.78, 5) is 2.13. The number of nitrogens with zero attached hydrogens (tertiary/aromatic N) is 1. The number of benzene rings is 2. The molecule has 0 aliphatic heterocycles. The van der Waals surface area contributed by atoms with Crippen molar-refractivity contribution >= 4 is 5.69 Å². The highest BCUT2D eigenvalue weighted by Gasteiger charge is 2.09. The summed E-state index contributed by atoms with van der Waals surface area (Å²) in [5, 5.41) is 3.47. The molecule has 2 aromatic carbocycles. The van der Waals surface area contributed by atoms with E-state index < -0.39 is 0 Å². The minimum atomic E-state index is -0.197. The molecule has 1 N–H and O–H groups in total. The van der Waals surface area contributed by atoms with E-state index in [2.05, 4.69) is 22.3 Å². The maximum absolute atomic E-state index is 13.3. The van der Waals surface area contributed by atoms with Gasteiger partial charge in [0.05, 0.1) is 0 Å². The second kappa shape index (κ2) is 6.53. The molecule has 0 aliphatic rings. The first kappa shape index (κ1) is 14.5. The molecule has 1 unspecified atom stereocenters. The van der Waals surface area contributed by atoms with Crippen molar-refractivity contribution in [1.29, 1.82) is 0 Å². The summed E-state index contributed by atoms with van der Waals surface area (Å²) in [6, 6.07) is 15.0. The Morgan fingerprint density at radius 3 is 2.55 bits per heavy atom. The van der Waals surface area contributed by atoms with E-state index in [4.69, 9.17) is 0 Å². The monoisotopic (exact) mass is 272 g/mol. The average Bonchev–Trinajstić information content (AvgIpc) is 2.40. The van der Waals surface area contributed by atoms with E-state index in [1.807, 2.05) is 39.2 Å². The minimum absolute atomic E-state index is 0.0639. The zero-order valence-corrected chi connectivity index (χ0v) is 12.2. The molecule has 2 aromatic rings. The lowest BCUT2D eigenvalue weighted by Crippen LogP contribution is -2.14. The Hall–Kier alpha value is -1.87. The molecule has 0 bridgehead atoms. The molecule has 0 saturated carbocycles. The molecule has 0 radical (unpaired) electrons. The van der Waals surface area contributed by atoms with Crippen molar-refractivity contribution in [1.82, 2.24) is 4.90 Å². The lowest BCUT2D eigenvalue weighted by Gasteiger charge is -2.20. The molecule has 3 heteroatoms. The number of anilines is 1. The van der Waals surface area contributed by atoms with Crippen molar-refractivity contribution in [2.75, 3.05) is 19.4 Å². The standard InChI is InChI=1S/C17H21FN2/c1-13(14-8-6-9-16(18)11-14)19-17-10-5-4-7-15(17)12-20(2)3/h4-11,13,19H,12H2,1-3H3. The van der Waals surface area contributed by atoms with Crippen molar-refractivity contribution in [3.63, 3.8) is 0 Å². The smallest absolute Gasteiger partial charge is 0.123 e. The van der Waals surface area contributed by atoms with Gasteiger partial charge in [-0.3, -0.25) is 0 Å². The summed E-state index contributed by atoms with van der Waals surface area (Å²) in [5.41, 5.74) is 3.28. The van der Waals surface area contributed by atoms with Crippen LogP contribution in [-0.4, -0.2) is 19.0 Å². The van der Waals surface area contributed by atoms with Gasteiger partial charge < -0.3 is 10.2 Å². The van der Waals surface area contributed by atoms with Gasteiger partial charge >= 0.3 is 0 Å². The van der Waals surface area contributed by atoms with Crippen LogP contribution >= 0.6 is 0 Å². The highest BCUT2D eigenvalue weighted by atomic mass is 19.1. The molecule has 0 saturated heterocycles. The zero-order valence-electron chi connectivity index (χ0n) is 12.2.